The number of carbonyl (C=O) groups is 2. The number of nitrogens with one attached hydrogen (secondary N) is 2. The summed E-state index contributed by atoms with van der Waals surface area (Å²) < 4.78 is 0. The van der Waals surface area contributed by atoms with Gasteiger partial charge in [0.1, 0.15) is 0 Å². The second kappa shape index (κ2) is 8.58. The predicted octanol–water partition coefficient (Wildman–Crippen LogP) is 3.18. The summed E-state index contributed by atoms with van der Waals surface area (Å²) in [6, 6.07) is 18.0. The summed E-state index contributed by atoms with van der Waals surface area (Å²) in [4.78, 5) is 24.1. The highest BCUT2D eigenvalue weighted by Crippen LogP contribution is 2.19. The molecule has 1 atom stereocenters. The van der Waals surface area contributed by atoms with Crippen LogP contribution in [0.1, 0.15) is 36.0 Å². The molecule has 130 valence electrons. The zero-order chi connectivity index (χ0) is 17.5. The Kier molecular flexibility index (Phi) is 5.96. The molecule has 1 unspecified atom stereocenters. The maximum absolute atomic E-state index is 12.3. The molecule has 4 nitrogen and oxygen atoms in total. The van der Waals surface area contributed by atoms with Crippen LogP contribution in [-0.2, 0) is 4.79 Å². The topological polar surface area (TPSA) is 58.2 Å². The van der Waals surface area contributed by atoms with E-state index in [0.717, 1.165) is 30.5 Å². The van der Waals surface area contributed by atoms with Gasteiger partial charge in [0.15, 0.2) is 5.78 Å². The van der Waals surface area contributed by atoms with Gasteiger partial charge in [-0.2, -0.15) is 0 Å². The fourth-order valence-electron chi connectivity index (χ4n) is 3.11. The minimum atomic E-state index is -0.0528. The number of ketones is 1. The zero-order valence-electron chi connectivity index (χ0n) is 14.3. The molecule has 0 saturated carbocycles. The average Bonchev–Trinajstić information content (AvgIpc) is 3.19. The Balaban J connectivity index is 1.47. The first kappa shape index (κ1) is 17.4. The summed E-state index contributed by atoms with van der Waals surface area (Å²) in [5.41, 5.74) is 2.87. The molecule has 25 heavy (non-hydrogen) atoms. The van der Waals surface area contributed by atoms with E-state index in [-0.39, 0.29) is 24.5 Å². The molecule has 0 spiro atoms. The van der Waals surface area contributed by atoms with Gasteiger partial charge in [0.2, 0.25) is 5.91 Å². The molecular weight excluding hydrogens is 312 g/mol. The molecular formula is C21H24N2O2. The van der Waals surface area contributed by atoms with Gasteiger partial charge in [-0.3, -0.25) is 9.59 Å². The fraction of sp³-hybridized carbons (Fsp3) is 0.333. The van der Waals surface area contributed by atoms with Gasteiger partial charge in [0, 0.05) is 31.0 Å². The lowest BCUT2D eigenvalue weighted by molar-refractivity contribution is -0.121. The SMILES string of the molecule is O=C(CCC(=O)c1ccc(-c2ccccc2)cc1)NCC1CCCN1. The highest BCUT2D eigenvalue weighted by Gasteiger charge is 2.15. The van der Waals surface area contributed by atoms with E-state index >= 15 is 0 Å². The van der Waals surface area contributed by atoms with Crippen LogP contribution in [0.2, 0.25) is 0 Å². The monoisotopic (exact) mass is 336 g/mol. The van der Waals surface area contributed by atoms with E-state index in [2.05, 4.69) is 10.6 Å². The smallest absolute Gasteiger partial charge is 0.220 e. The van der Waals surface area contributed by atoms with E-state index in [4.69, 9.17) is 0 Å². The van der Waals surface area contributed by atoms with Gasteiger partial charge in [-0.05, 0) is 30.5 Å². The van der Waals surface area contributed by atoms with Gasteiger partial charge >= 0.3 is 0 Å². The molecule has 0 bridgehead atoms. The van der Waals surface area contributed by atoms with Gasteiger partial charge in [0.25, 0.3) is 0 Å². The quantitative estimate of drug-likeness (QED) is 0.764. The second-order valence-electron chi connectivity index (χ2n) is 6.46. The van der Waals surface area contributed by atoms with E-state index in [1.54, 1.807) is 0 Å². The minimum absolute atomic E-state index is 0.00810. The number of rotatable bonds is 7. The number of carbonyl (C=O) groups excluding carboxylic acids is 2. The third-order valence-electron chi connectivity index (χ3n) is 4.60. The molecule has 1 heterocycles. The average molecular weight is 336 g/mol. The lowest BCUT2D eigenvalue weighted by atomic mass is 10.0. The molecule has 2 aromatic rings. The Bertz CT molecular complexity index is 704. The largest absolute Gasteiger partial charge is 0.355 e. The molecule has 1 amide bonds. The van der Waals surface area contributed by atoms with Crippen molar-refractivity contribution < 1.29 is 9.59 Å². The van der Waals surface area contributed by atoms with Crippen LogP contribution >= 0.6 is 0 Å². The first-order valence-corrected chi connectivity index (χ1v) is 8.91. The standard InChI is InChI=1S/C21H24N2O2/c24-20(12-13-21(25)23-15-19-7-4-14-22-19)18-10-8-17(9-11-18)16-5-2-1-3-6-16/h1-3,5-6,8-11,19,22H,4,7,12-15H2,(H,23,25). The van der Waals surface area contributed by atoms with Crippen molar-refractivity contribution in [1.29, 1.82) is 0 Å². The van der Waals surface area contributed by atoms with Gasteiger partial charge in [-0.15, -0.1) is 0 Å². The zero-order valence-corrected chi connectivity index (χ0v) is 14.3. The van der Waals surface area contributed by atoms with Crippen LogP contribution in [0, 0.1) is 0 Å². The van der Waals surface area contributed by atoms with Crippen LogP contribution in [0.3, 0.4) is 0 Å². The Hall–Kier alpha value is -2.46. The maximum Gasteiger partial charge on any atom is 0.220 e. The molecule has 0 aliphatic carbocycles. The van der Waals surface area contributed by atoms with Crippen molar-refractivity contribution in [2.45, 2.75) is 31.7 Å². The van der Waals surface area contributed by atoms with Gasteiger partial charge in [0.05, 0.1) is 0 Å². The highest BCUT2D eigenvalue weighted by molar-refractivity contribution is 5.98. The third kappa shape index (κ3) is 5.00. The summed E-state index contributed by atoms with van der Waals surface area (Å²) in [6.45, 7) is 1.68. The van der Waals surface area contributed by atoms with Crippen LogP contribution in [0.5, 0.6) is 0 Å². The van der Waals surface area contributed by atoms with Gasteiger partial charge in [-0.1, -0.05) is 54.6 Å². The maximum atomic E-state index is 12.3. The first-order valence-electron chi connectivity index (χ1n) is 8.91. The van der Waals surface area contributed by atoms with E-state index in [9.17, 15) is 9.59 Å². The summed E-state index contributed by atoms with van der Waals surface area (Å²) in [7, 11) is 0. The first-order chi connectivity index (χ1) is 12.2. The third-order valence-corrected chi connectivity index (χ3v) is 4.60. The number of hydrogen-bond acceptors (Lipinski definition) is 3. The Morgan fingerprint density at radius 1 is 0.960 bits per heavy atom. The van der Waals surface area contributed by atoms with Crippen LogP contribution in [0.25, 0.3) is 11.1 Å². The van der Waals surface area contributed by atoms with Crippen molar-refractivity contribution in [2.75, 3.05) is 13.1 Å². The number of benzene rings is 2. The molecule has 1 aliphatic heterocycles. The van der Waals surface area contributed by atoms with Crippen molar-refractivity contribution in [3.05, 3.63) is 60.2 Å². The fourth-order valence-corrected chi connectivity index (χ4v) is 3.11. The minimum Gasteiger partial charge on any atom is -0.355 e. The molecule has 1 saturated heterocycles. The molecule has 1 fully saturated rings. The van der Waals surface area contributed by atoms with Crippen molar-refractivity contribution in [2.24, 2.45) is 0 Å². The van der Waals surface area contributed by atoms with Crippen molar-refractivity contribution in [3.63, 3.8) is 0 Å². The number of amides is 1. The molecule has 1 aliphatic rings. The molecule has 0 aromatic heterocycles. The van der Waals surface area contributed by atoms with E-state index in [1.165, 1.54) is 0 Å². The molecule has 0 radical (unpaired) electrons. The molecule has 2 N–H and O–H groups in total. The Labute approximate surface area is 148 Å². The van der Waals surface area contributed by atoms with Crippen molar-refractivity contribution in [1.82, 2.24) is 10.6 Å². The van der Waals surface area contributed by atoms with Crippen LogP contribution in [-0.4, -0.2) is 30.8 Å². The molecule has 4 heteroatoms. The molecule has 2 aromatic carbocycles. The summed E-state index contributed by atoms with van der Waals surface area (Å²) in [6.07, 6.45) is 2.76. The van der Waals surface area contributed by atoms with E-state index in [1.807, 2.05) is 54.6 Å². The van der Waals surface area contributed by atoms with Crippen molar-refractivity contribution >= 4 is 11.7 Å². The number of Topliss-reactive ketones (excluding diaryl/α,β-unsaturated/α-hetero) is 1. The second-order valence-corrected chi connectivity index (χ2v) is 6.46. The lowest BCUT2D eigenvalue weighted by Gasteiger charge is -2.11. The van der Waals surface area contributed by atoms with Crippen LogP contribution in [0.4, 0.5) is 0 Å². The van der Waals surface area contributed by atoms with Gasteiger partial charge < -0.3 is 10.6 Å². The van der Waals surface area contributed by atoms with Crippen LogP contribution < -0.4 is 10.6 Å². The van der Waals surface area contributed by atoms with E-state index < -0.39 is 0 Å². The van der Waals surface area contributed by atoms with Crippen molar-refractivity contribution in [3.8, 4) is 11.1 Å². The molecule has 3 rings (SSSR count). The normalized spacial score (nSPS) is 16.6. The summed E-state index contributed by atoms with van der Waals surface area (Å²) in [5.74, 6) is -0.0447. The summed E-state index contributed by atoms with van der Waals surface area (Å²) in [5, 5.41) is 6.25. The Morgan fingerprint density at radius 2 is 1.68 bits per heavy atom. The Morgan fingerprint density at radius 3 is 2.36 bits per heavy atom. The summed E-state index contributed by atoms with van der Waals surface area (Å²) >= 11 is 0. The predicted molar refractivity (Wildman–Crippen MR) is 99.5 cm³/mol. The van der Waals surface area contributed by atoms with Crippen LogP contribution in [0.15, 0.2) is 54.6 Å². The van der Waals surface area contributed by atoms with E-state index in [0.29, 0.717) is 18.2 Å². The highest BCUT2D eigenvalue weighted by atomic mass is 16.2. The number of hydrogen-bond donors (Lipinski definition) is 2. The lowest BCUT2D eigenvalue weighted by Crippen LogP contribution is -2.37. The van der Waals surface area contributed by atoms with Gasteiger partial charge in [-0.25, -0.2) is 0 Å².